The highest BCUT2D eigenvalue weighted by atomic mass is 19.4. The molecule has 0 spiro atoms. The fourth-order valence-electron chi connectivity index (χ4n) is 3.54. The number of carbonyl (C=O) groups is 1. The van der Waals surface area contributed by atoms with Gasteiger partial charge in [-0.05, 0) is 36.4 Å². The predicted molar refractivity (Wildman–Crippen MR) is 133 cm³/mol. The van der Waals surface area contributed by atoms with Gasteiger partial charge in [0.1, 0.15) is 5.75 Å². The molecule has 4 aromatic rings. The van der Waals surface area contributed by atoms with E-state index in [1.807, 2.05) is 0 Å². The van der Waals surface area contributed by atoms with Gasteiger partial charge in [0.05, 0.1) is 22.7 Å². The van der Waals surface area contributed by atoms with Crippen molar-refractivity contribution in [1.82, 2.24) is 9.66 Å². The number of hydrogen-bond acceptors (Lipinski definition) is 6. The molecular formula is C26H21F3N4O4. The van der Waals surface area contributed by atoms with Crippen molar-refractivity contribution >= 4 is 28.8 Å². The van der Waals surface area contributed by atoms with Gasteiger partial charge < -0.3 is 14.7 Å². The molecule has 190 valence electrons. The minimum Gasteiger partial charge on any atom is -0.481 e. The van der Waals surface area contributed by atoms with Crippen molar-refractivity contribution < 1.29 is 27.8 Å². The number of carboxylic acids is 1. The molecular weight excluding hydrogens is 489 g/mol. The third kappa shape index (κ3) is 5.61. The van der Waals surface area contributed by atoms with Gasteiger partial charge in [0, 0.05) is 37.0 Å². The molecule has 0 atom stereocenters. The summed E-state index contributed by atoms with van der Waals surface area (Å²) in [6.07, 6.45) is -3.32. The lowest BCUT2D eigenvalue weighted by Gasteiger charge is -2.15. The molecule has 0 saturated carbocycles. The Labute approximate surface area is 208 Å². The maximum atomic E-state index is 13.4. The minimum absolute atomic E-state index is 0.0418. The van der Waals surface area contributed by atoms with Gasteiger partial charge in [0.15, 0.2) is 12.4 Å². The van der Waals surface area contributed by atoms with Gasteiger partial charge in [-0.1, -0.05) is 24.3 Å². The molecule has 0 aliphatic carbocycles. The lowest BCUT2D eigenvalue weighted by Crippen LogP contribution is -2.20. The van der Waals surface area contributed by atoms with Crippen LogP contribution >= 0.6 is 0 Å². The number of alkyl halides is 3. The zero-order valence-corrected chi connectivity index (χ0v) is 19.7. The summed E-state index contributed by atoms with van der Waals surface area (Å²) >= 11 is 0. The van der Waals surface area contributed by atoms with Crippen LogP contribution in [-0.2, 0) is 11.0 Å². The molecule has 4 rings (SSSR count). The largest absolute Gasteiger partial charge is 0.481 e. The van der Waals surface area contributed by atoms with Crippen molar-refractivity contribution in [2.24, 2.45) is 5.10 Å². The van der Waals surface area contributed by atoms with E-state index in [2.05, 4.69) is 10.1 Å². The van der Waals surface area contributed by atoms with E-state index in [1.165, 1.54) is 18.3 Å². The van der Waals surface area contributed by atoms with Crippen LogP contribution in [0.25, 0.3) is 22.3 Å². The van der Waals surface area contributed by atoms with E-state index in [0.717, 1.165) is 22.5 Å². The normalized spacial score (nSPS) is 11.7. The molecule has 0 aliphatic heterocycles. The molecule has 8 nitrogen and oxygen atoms in total. The highest BCUT2D eigenvalue weighted by Crippen LogP contribution is 2.32. The number of fused-ring (bicyclic) bond motifs is 1. The summed E-state index contributed by atoms with van der Waals surface area (Å²) in [6.45, 7) is -0.606. The second-order valence-electron chi connectivity index (χ2n) is 8.19. The number of anilines is 1. The number of hydrogen-bond donors (Lipinski definition) is 1. The molecule has 0 unspecified atom stereocenters. The lowest BCUT2D eigenvalue weighted by molar-refractivity contribution is -0.139. The second-order valence-corrected chi connectivity index (χ2v) is 8.19. The van der Waals surface area contributed by atoms with E-state index in [-0.39, 0.29) is 22.5 Å². The zero-order chi connectivity index (χ0) is 26.7. The van der Waals surface area contributed by atoms with E-state index in [0.29, 0.717) is 11.1 Å². The number of benzene rings is 3. The zero-order valence-electron chi connectivity index (χ0n) is 19.7. The number of halogens is 3. The number of ether oxygens (including phenoxy) is 1. The van der Waals surface area contributed by atoms with Crippen LogP contribution in [0.1, 0.15) is 11.1 Å². The Balaban J connectivity index is 1.89. The summed E-state index contributed by atoms with van der Waals surface area (Å²) in [5.41, 5.74) is -0.0697. The molecule has 0 amide bonds. The maximum Gasteiger partial charge on any atom is 0.416 e. The molecule has 0 aliphatic rings. The summed E-state index contributed by atoms with van der Waals surface area (Å²) in [7, 11) is 3.59. The van der Waals surface area contributed by atoms with Crippen molar-refractivity contribution in [2.45, 2.75) is 6.18 Å². The van der Waals surface area contributed by atoms with Crippen LogP contribution in [0.15, 0.2) is 76.6 Å². The smallest absolute Gasteiger partial charge is 0.416 e. The SMILES string of the molecule is CN(C)c1ccc(C=Nn2c(-c3cccc(C(F)(F)F)c3)nc3ccccc3c2=O)c(OCC(=O)O)c1. The van der Waals surface area contributed by atoms with Gasteiger partial charge in [-0.3, -0.25) is 4.79 Å². The Morgan fingerprint density at radius 2 is 1.86 bits per heavy atom. The summed E-state index contributed by atoms with van der Waals surface area (Å²) in [4.78, 5) is 30.6. The van der Waals surface area contributed by atoms with Crippen LogP contribution in [-0.4, -0.2) is 47.7 Å². The van der Waals surface area contributed by atoms with Crippen LogP contribution in [0.2, 0.25) is 0 Å². The number of carboxylic acid groups (broad SMARTS) is 1. The van der Waals surface area contributed by atoms with Gasteiger partial charge >= 0.3 is 12.1 Å². The first-order valence-corrected chi connectivity index (χ1v) is 10.9. The average Bonchev–Trinajstić information content (AvgIpc) is 2.86. The Hall–Kier alpha value is -4.67. The maximum absolute atomic E-state index is 13.4. The third-order valence-electron chi connectivity index (χ3n) is 5.38. The molecule has 11 heteroatoms. The molecule has 0 fully saturated rings. The van der Waals surface area contributed by atoms with Crippen LogP contribution in [0.5, 0.6) is 5.75 Å². The highest BCUT2D eigenvalue weighted by Gasteiger charge is 2.31. The van der Waals surface area contributed by atoms with E-state index in [9.17, 15) is 22.8 Å². The third-order valence-corrected chi connectivity index (χ3v) is 5.38. The second kappa shape index (κ2) is 10.1. The Kier molecular flexibility index (Phi) is 6.96. The Morgan fingerprint density at radius 1 is 1.11 bits per heavy atom. The van der Waals surface area contributed by atoms with Crippen molar-refractivity contribution in [2.75, 3.05) is 25.6 Å². The summed E-state index contributed by atoms with van der Waals surface area (Å²) in [5, 5.41) is 13.5. The average molecular weight is 510 g/mol. The van der Waals surface area contributed by atoms with Gasteiger partial charge in [-0.2, -0.15) is 22.9 Å². The van der Waals surface area contributed by atoms with Crippen LogP contribution in [0.3, 0.4) is 0 Å². The molecule has 1 N–H and O–H groups in total. The van der Waals surface area contributed by atoms with Crippen molar-refractivity contribution in [3.8, 4) is 17.1 Å². The van der Waals surface area contributed by atoms with E-state index in [4.69, 9.17) is 9.84 Å². The van der Waals surface area contributed by atoms with E-state index >= 15 is 0 Å². The van der Waals surface area contributed by atoms with Crippen LogP contribution in [0.4, 0.5) is 18.9 Å². The number of rotatable bonds is 7. The molecule has 0 saturated heterocycles. The van der Waals surface area contributed by atoms with E-state index in [1.54, 1.807) is 61.5 Å². The number of para-hydroxylation sites is 1. The van der Waals surface area contributed by atoms with Gasteiger partial charge in [0.25, 0.3) is 5.56 Å². The van der Waals surface area contributed by atoms with Crippen molar-refractivity contribution in [1.29, 1.82) is 0 Å². The topological polar surface area (TPSA) is 97.0 Å². The molecule has 1 heterocycles. The summed E-state index contributed by atoms with van der Waals surface area (Å²) in [6, 6.07) is 15.9. The molecule has 0 bridgehead atoms. The van der Waals surface area contributed by atoms with Gasteiger partial charge in [-0.15, -0.1) is 0 Å². The predicted octanol–water partition coefficient (Wildman–Crippen LogP) is 4.49. The lowest BCUT2D eigenvalue weighted by atomic mass is 10.1. The van der Waals surface area contributed by atoms with Crippen molar-refractivity contribution in [3.05, 3.63) is 88.2 Å². The quantitative estimate of drug-likeness (QED) is 0.368. The summed E-state index contributed by atoms with van der Waals surface area (Å²) < 4.78 is 46.4. The first-order valence-electron chi connectivity index (χ1n) is 10.9. The van der Waals surface area contributed by atoms with Gasteiger partial charge in [0.2, 0.25) is 0 Å². The molecule has 0 radical (unpaired) electrons. The molecule has 1 aromatic heterocycles. The minimum atomic E-state index is -4.59. The fraction of sp³-hybridized carbons (Fsp3) is 0.154. The molecule has 37 heavy (non-hydrogen) atoms. The Bertz CT molecular complexity index is 1560. The van der Waals surface area contributed by atoms with Crippen LogP contribution < -0.4 is 15.2 Å². The first-order chi connectivity index (χ1) is 17.5. The standard InChI is InChI=1S/C26H21F3N4O4/c1-32(2)19-11-10-17(22(13-19)37-15-23(34)35)14-30-33-24(16-6-5-7-18(12-16)26(27,28)29)31-21-9-4-3-8-20(21)25(33)36/h3-14H,15H2,1-2H3,(H,34,35). The number of aliphatic carboxylic acids is 1. The Morgan fingerprint density at radius 3 is 2.57 bits per heavy atom. The highest BCUT2D eigenvalue weighted by molar-refractivity contribution is 5.86. The van der Waals surface area contributed by atoms with Crippen molar-refractivity contribution in [3.63, 3.8) is 0 Å². The number of nitrogens with zero attached hydrogens (tertiary/aromatic N) is 4. The fourth-order valence-corrected chi connectivity index (χ4v) is 3.54. The van der Waals surface area contributed by atoms with Gasteiger partial charge in [-0.25, -0.2) is 9.78 Å². The molecule has 3 aromatic carbocycles. The monoisotopic (exact) mass is 510 g/mol. The van der Waals surface area contributed by atoms with Crippen LogP contribution in [0, 0.1) is 0 Å². The summed E-state index contributed by atoms with van der Waals surface area (Å²) in [5.74, 6) is -1.08. The number of aromatic nitrogens is 2. The van der Waals surface area contributed by atoms with E-state index < -0.39 is 29.9 Å². The first kappa shape index (κ1) is 25.4.